The highest BCUT2D eigenvalue weighted by molar-refractivity contribution is 7.99. The second kappa shape index (κ2) is 4.45. The molecule has 0 radical (unpaired) electrons. The second-order valence-electron chi connectivity index (χ2n) is 3.94. The van der Waals surface area contributed by atoms with Gasteiger partial charge in [0.05, 0.1) is 0 Å². The van der Waals surface area contributed by atoms with Gasteiger partial charge in [-0.25, -0.2) is 9.78 Å². The lowest BCUT2D eigenvalue weighted by atomic mass is 10.2. The van der Waals surface area contributed by atoms with Crippen LogP contribution in [-0.2, 0) is 4.79 Å². The Morgan fingerprint density at radius 1 is 1.56 bits per heavy atom. The summed E-state index contributed by atoms with van der Waals surface area (Å²) in [7, 11) is 0. The van der Waals surface area contributed by atoms with E-state index in [1.807, 2.05) is 0 Å². The van der Waals surface area contributed by atoms with Crippen LogP contribution in [-0.4, -0.2) is 54.8 Å². The number of carbonyl (C=O) groups is 1. The maximum atomic E-state index is 11.3. The molecule has 0 amide bonds. The summed E-state index contributed by atoms with van der Waals surface area (Å²) in [4.78, 5) is 17.3. The number of carboxylic acid groups (broad SMARTS) is 1. The molecule has 7 nitrogen and oxygen atoms in total. The number of hydrogen-bond acceptors (Lipinski definition) is 6. The van der Waals surface area contributed by atoms with Crippen LogP contribution in [0.2, 0.25) is 0 Å². The second-order valence-corrected chi connectivity index (χ2v) is 5.08. The van der Waals surface area contributed by atoms with Crippen molar-refractivity contribution in [2.75, 3.05) is 23.0 Å². The van der Waals surface area contributed by atoms with Gasteiger partial charge >= 0.3 is 5.97 Å². The molecule has 1 fully saturated rings. The Bertz CT molecular complexity index is 586. The zero-order chi connectivity index (χ0) is 12.5. The summed E-state index contributed by atoms with van der Waals surface area (Å²) in [5.41, 5.74) is 0.593. The van der Waals surface area contributed by atoms with Crippen LogP contribution >= 0.6 is 11.8 Å². The monoisotopic (exact) mass is 265 g/mol. The van der Waals surface area contributed by atoms with Crippen molar-refractivity contribution in [2.24, 2.45) is 0 Å². The summed E-state index contributed by atoms with van der Waals surface area (Å²) in [5.74, 6) is 1.21. The summed E-state index contributed by atoms with van der Waals surface area (Å²) in [6.07, 6.45) is 4.95. The Morgan fingerprint density at radius 2 is 2.44 bits per heavy atom. The molecular weight excluding hydrogens is 254 g/mol. The van der Waals surface area contributed by atoms with E-state index in [1.165, 1.54) is 0 Å². The van der Waals surface area contributed by atoms with E-state index in [0.29, 0.717) is 23.8 Å². The third-order valence-corrected chi connectivity index (χ3v) is 3.91. The topological polar surface area (TPSA) is 83.6 Å². The lowest BCUT2D eigenvalue weighted by Crippen LogP contribution is -2.48. The van der Waals surface area contributed by atoms with E-state index in [2.05, 4.69) is 15.2 Å². The van der Waals surface area contributed by atoms with Gasteiger partial charge in [0.25, 0.3) is 0 Å². The fourth-order valence-corrected chi connectivity index (χ4v) is 3.05. The Balaban J connectivity index is 2.06. The van der Waals surface area contributed by atoms with Crippen molar-refractivity contribution in [1.29, 1.82) is 0 Å². The van der Waals surface area contributed by atoms with Gasteiger partial charge in [0.15, 0.2) is 5.82 Å². The van der Waals surface area contributed by atoms with Crippen LogP contribution in [0.3, 0.4) is 0 Å². The number of anilines is 1. The minimum atomic E-state index is -0.828. The van der Waals surface area contributed by atoms with E-state index in [-0.39, 0.29) is 0 Å². The SMILES string of the molecule is O=C(O)C1CSCCN1c1nccn2cnnc12. The maximum absolute atomic E-state index is 11.3. The van der Waals surface area contributed by atoms with Gasteiger partial charge in [-0.2, -0.15) is 11.8 Å². The van der Waals surface area contributed by atoms with Crippen LogP contribution in [0.4, 0.5) is 5.82 Å². The van der Waals surface area contributed by atoms with E-state index in [0.717, 1.165) is 5.75 Å². The molecule has 94 valence electrons. The molecule has 1 unspecified atom stereocenters. The molecule has 0 aromatic carbocycles. The van der Waals surface area contributed by atoms with Gasteiger partial charge in [0.2, 0.25) is 5.65 Å². The van der Waals surface area contributed by atoms with E-state index in [9.17, 15) is 9.90 Å². The fourth-order valence-electron chi connectivity index (χ4n) is 2.01. The van der Waals surface area contributed by atoms with Crippen molar-refractivity contribution in [3.8, 4) is 0 Å². The number of carboxylic acids is 1. The Kier molecular flexibility index (Phi) is 2.78. The molecule has 1 saturated heterocycles. The normalized spacial score (nSPS) is 20.2. The molecule has 0 aliphatic carbocycles. The van der Waals surface area contributed by atoms with Crippen LogP contribution < -0.4 is 4.90 Å². The van der Waals surface area contributed by atoms with E-state index < -0.39 is 12.0 Å². The van der Waals surface area contributed by atoms with Crippen LogP contribution in [0.15, 0.2) is 18.7 Å². The Hall–Kier alpha value is -1.83. The van der Waals surface area contributed by atoms with Gasteiger partial charge in [0.1, 0.15) is 12.4 Å². The minimum Gasteiger partial charge on any atom is -0.480 e. The van der Waals surface area contributed by atoms with Gasteiger partial charge in [-0.15, -0.1) is 10.2 Å². The van der Waals surface area contributed by atoms with Gasteiger partial charge < -0.3 is 10.0 Å². The molecule has 1 aliphatic rings. The standard InChI is InChI=1S/C10H11N5O2S/c16-10(17)7-5-18-4-3-15(7)8-9-13-12-6-14(9)2-1-11-8/h1-2,6-7H,3-5H2,(H,16,17). The van der Waals surface area contributed by atoms with Crippen molar-refractivity contribution < 1.29 is 9.90 Å². The smallest absolute Gasteiger partial charge is 0.327 e. The van der Waals surface area contributed by atoms with E-state index in [4.69, 9.17) is 0 Å². The molecule has 3 rings (SSSR count). The highest BCUT2D eigenvalue weighted by Gasteiger charge is 2.31. The van der Waals surface area contributed by atoms with Crippen LogP contribution in [0, 0.1) is 0 Å². The van der Waals surface area contributed by atoms with Gasteiger partial charge in [0, 0.05) is 30.4 Å². The number of fused-ring (bicyclic) bond motifs is 1. The molecule has 1 N–H and O–H groups in total. The number of aliphatic carboxylic acids is 1. The predicted octanol–water partition coefficient (Wildman–Crippen LogP) is 0.131. The zero-order valence-electron chi connectivity index (χ0n) is 9.43. The summed E-state index contributed by atoms with van der Waals surface area (Å²) in [5, 5.41) is 17.1. The lowest BCUT2D eigenvalue weighted by Gasteiger charge is -2.33. The number of thioether (sulfide) groups is 1. The molecule has 18 heavy (non-hydrogen) atoms. The molecule has 0 spiro atoms. The maximum Gasteiger partial charge on any atom is 0.327 e. The highest BCUT2D eigenvalue weighted by Crippen LogP contribution is 2.24. The number of hydrogen-bond donors (Lipinski definition) is 1. The van der Waals surface area contributed by atoms with Crippen molar-refractivity contribution >= 4 is 29.2 Å². The predicted molar refractivity (Wildman–Crippen MR) is 66.9 cm³/mol. The van der Waals surface area contributed by atoms with Crippen molar-refractivity contribution in [2.45, 2.75) is 6.04 Å². The van der Waals surface area contributed by atoms with Crippen molar-refractivity contribution in [1.82, 2.24) is 19.6 Å². The van der Waals surface area contributed by atoms with E-state index >= 15 is 0 Å². The summed E-state index contributed by atoms with van der Waals surface area (Å²) < 4.78 is 1.74. The molecule has 2 aromatic heterocycles. The fraction of sp³-hybridized carbons (Fsp3) is 0.400. The molecule has 1 aliphatic heterocycles. The largest absolute Gasteiger partial charge is 0.480 e. The molecule has 0 bridgehead atoms. The average molecular weight is 265 g/mol. The molecule has 3 heterocycles. The first kappa shape index (κ1) is 11.3. The third-order valence-electron chi connectivity index (χ3n) is 2.88. The molecule has 0 saturated carbocycles. The number of aromatic nitrogens is 4. The summed E-state index contributed by atoms with van der Waals surface area (Å²) >= 11 is 1.64. The summed E-state index contributed by atoms with van der Waals surface area (Å²) in [6.45, 7) is 0.654. The molecule has 1 atom stereocenters. The molecule has 8 heteroatoms. The van der Waals surface area contributed by atoms with Crippen LogP contribution in [0.25, 0.3) is 5.65 Å². The minimum absolute atomic E-state index is 0.556. The van der Waals surface area contributed by atoms with Gasteiger partial charge in [-0.1, -0.05) is 0 Å². The van der Waals surface area contributed by atoms with Crippen molar-refractivity contribution in [3.63, 3.8) is 0 Å². The van der Waals surface area contributed by atoms with E-state index in [1.54, 1.807) is 39.8 Å². The number of nitrogens with zero attached hydrogens (tertiary/aromatic N) is 5. The highest BCUT2D eigenvalue weighted by atomic mass is 32.2. The quantitative estimate of drug-likeness (QED) is 0.826. The first-order valence-electron chi connectivity index (χ1n) is 5.49. The molecular formula is C10H11N5O2S. The van der Waals surface area contributed by atoms with Crippen LogP contribution in [0.5, 0.6) is 0 Å². The number of rotatable bonds is 2. The van der Waals surface area contributed by atoms with Gasteiger partial charge in [-0.05, 0) is 0 Å². The average Bonchev–Trinajstić information content (AvgIpc) is 2.86. The van der Waals surface area contributed by atoms with Gasteiger partial charge in [-0.3, -0.25) is 4.40 Å². The Labute approximate surface area is 107 Å². The van der Waals surface area contributed by atoms with Crippen LogP contribution in [0.1, 0.15) is 0 Å². The lowest BCUT2D eigenvalue weighted by molar-refractivity contribution is -0.138. The first-order chi connectivity index (χ1) is 8.77. The Morgan fingerprint density at radius 3 is 3.28 bits per heavy atom. The summed E-state index contributed by atoms with van der Waals surface area (Å²) in [6, 6.07) is -0.556. The third kappa shape index (κ3) is 1.78. The van der Waals surface area contributed by atoms with Crippen molar-refractivity contribution in [3.05, 3.63) is 18.7 Å². The zero-order valence-corrected chi connectivity index (χ0v) is 10.2. The molecule has 2 aromatic rings. The first-order valence-corrected chi connectivity index (χ1v) is 6.64.